The summed E-state index contributed by atoms with van der Waals surface area (Å²) in [7, 11) is 0. The van der Waals surface area contributed by atoms with Crippen molar-refractivity contribution in [1.82, 2.24) is 0 Å². The maximum absolute atomic E-state index is 13.8. The fourth-order valence-electron chi connectivity index (χ4n) is 4.99. The summed E-state index contributed by atoms with van der Waals surface area (Å²) in [5, 5.41) is 0. The molecule has 0 spiro atoms. The molecule has 1 saturated carbocycles. The number of esters is 1. The quantitative estimate of drug-likeness (QED) is 0.231. The molecule has 5 rings (SSSR count). The van der Waals surface area contributed by atoms with Gasteiger partial charge in [-0.2, -0.15) is 0 Å². The average Bonchev–Trinajstić information content (AvgIpc) is 3.37. The van der Waals surface area contributed by atoms with E-state index >= 15 is 0 Å². The van der Waals surface area contributed by atoms with Crippen LogP contribution in [0.25, 0.3) is 0 Å². The van der Waals surface area contributed by atoms with E-state index in [9.17, 15) is 14.4 Å². The zero-order valence-electron chi connectivity index (χ0n) is 16.1. The number of Topliss-reactive ketones (excluding diaryl/α,β-unsaturated/α-hetero) is 2. The first-order chi connectivity index (χ1) is 14.4. The summed E-state index contributed by atoms with van der Waals surface area (Å²) >= 11 is 3.46. The van der Waals surface area contributed by atoms with Crippen LogP contribution in [0.15, 0.2) is 83.3 Å². The van der Waals surface area contributed by atoms with Gasteiger partial charge in [0.25, 0.3) is 0 Å². The summed E-state index contributed by atoms with van der Waals surface area (Å²) in [4.78, 5) is 40.8. The third-order valence-electron chi connectivity index (χ3n) is 6.46. The first-order valence-corrected chi connectivity index (χ1v) is 10.4. The van der Waals surface area contributed by atoms with Crippen molar-refractivity contribution in [3.05, 3.63) is 100 Å². The second-order valence-electron chi connectivity index (χ2n) is 7.91. The lowest BCUT2D eigenvalue weighted by molar-refractivity contribution is -0.140. The Morgan fingerprint density at radius 3 is 2.03 bits per heavy atom. The van der Waals surface area contributed by atoms with Crippen LogP contribution in [0.1, 0.15) is 39.1 Å². The van der Waals surface area contributed by atoms with Crippen LogP contribution in [-0.2, 0) is 4.79 Å². The standard InChI is InChI=1S/C25H17BrO4/c1-24(21(27)15-8-4-2-5-9-15)20-18-14-17(26)12-13-19(18)30-23(29)25(20,24)22(28)16-10-6-3-7-11-16/h2-14,20H,1H3/t20-,24-,25-/m1/s1. The van der Waals surface area contributed by atoms with E-state index in [1.807, 2.05) is 12.1 Å². The van der Waals surface area contributed by atoms with Crippen molar-refractivity contribution in [2.75, 3.05) is 0 Å². The van der Waals surface area contributed by atoms with E-state index in [1.165, 1.54) is 0 Å². The van der Waals surface area contributed by atoms with E-state index in [-0.39, 0.29) is 11.6 Å². The summed E-state index contributed by atoms with van der Waals surface area (Å²) in [6.45, 7) is 1.71. The van der Waals surface area contributed by atoms with E-state index in [4.69, 9.17) is 4.74 Å². The summed E-state index contributed by atoms with van der Waals surface area (Å²) in [5.41, 5.74) is -1.28. The molecule has 0 amide bonds. The molecule has 0 radical (unpaired) electrons. The number of hydrogen-bond acceptors (Lipinski definition) is 4. The second-order valence-corrected chi connectivity index (χ2v) is 8.82. The number of ether oxygens (including phenoxy) is 1. The normalized spacial score (nSPS) is 26.2. The molecule has 0 N–H and O–H groups in total. The Bertz CT molecular complexity index is 1200. The molecule has 0 aromatic heterocycles. The van der Waals surface area contributed by atoms with Gasteiger partial charge in [0.05, 0.1) is 5.41 Å². The molecular formula is C25H17BrO4. The zero-order valence-corrected chi connectivity index (χ0v) is 17.7. The molecule has 30 heavy (non-hydrogen) atoms. The molecule has 148 valence electrons. The topological polar surface area (TPSA) is 60.4 Å². The molecule has 2 aliphatic rings. The molecule has 3 aromatic carbocycles. The summed E-state index contributed by atoms with van der Waals surface area (Å²) in [6.07, 6.45) is 0. The van der Waals surface area contributed by atoms with E-state index in [0.29, 0.717) is 22.4 Å². The van der Waals surface area contributed by atoms with Gasteiger partial charge >= 0.3 is 5.97 Å². The lowest BCUT2D eigenvalue weighted by Crippen LogP contribution is -2.39. The average molecular weight is 461 g/mol. The molecule has 0 unspecified atom stereocenters. The molecule has 5 heteroatoms. The van der Waals surface area contributed by atoms with Gasteiger partial charge in [-0.1, -0.05) is 83.5 Å². The Kier molecular flexibility index (Phi) is 4.09. The van der Waals surface area contributed by atoms with Crippen molar-refractivity contribution in [1.29, 1.82) is 0 Å². The van der Waals surface area contributed by atoms with E-state index in [0.717, 1.165) is 4.47 Å². The smallest absolute Gasteiger partial charge is 0.327 e. The highest BCUT2D eigenvalue weighted by Crippen LogP contribution is 2.79. The Balaban J connectivity index is 1.74. The van der Waals surface area contributed by atoms with Gasteiger partial charge < -0.3 is 4.74 Å². The molecule has 1 aliphatic heterocycles. The van der Waals surface area contributed by atoms with Gasteiger partial charge in [0, 0.05) is 27.1 Å². The van der Waals surface area contributed by atoms with Gasteiger partial charge in [-0.3, -0.25) is 14.4 Å². The maximum Gasteiger partial charge on any atom is 0.327 e. The van der Waals surface area contributed by atoms with Gasteiger partial charge in [0.1, 0.15) is 5.75 Å². The Hall–Kier alpha value is -3.05. The van der Waals surface area contributed by atoms with Crippen molar-refractivity contribution in [2.45, 2.75) is 12.8 Å². The van der Waals surface area contributed by atoms with Crippen molar-refractivity contribution in [3.8, 4) is 5.75 Å². The van der Waals surface area contributed by atoms with Crippen molar-refractivity contribution < 1.29 is 19.1 Å². The van der Waals surface area contributed by atoms with E-state index in [1.54, 1.807) is 73.7 Å². The number of rotatable bonds is 4. The highest BCUT2D eigenvalue weighted by Gasteiger charge is 2.87. The lowest BCUT2D eigenvalue weighted by atomic mass is 9.82. The third-order valence-corrected chi connectivity index (χ3v) is 6.95. The summed E-state index contributed by atoms with van der Waals surface area (Å²) in [6, 6.07) is 22.7. The van der Waals surface area contributed by atoms with Crippen molar-refractivity contribution in [3.63, 3.8) is 0 Å². The summed E-state index contributed by atoms with van der Waals surface area (Å²) < 4.78 is 6.43. The number of benzene rings is 3. The van der Waals surface area contributed by atoms with Crippen LogP contribution in [0, 0.1) is 10.8 Å². The number of hydrogen-bond donors (Lipinski definition) is 0. The van der Waals surface area contributed by atoms with E-state index < -0.39 is 22.7 Å². The van der Waals surface area contributed by atoms with Gasteiger partial charge in [-0.15, -0.1) is 0 Å². The number of halogens is 1. The maximum atomic E-state index is 13.8. The van der Waals surface area contributed by atoms with Crippen LogP contribution in [-0.4, -0.2) is 17.5 Å². The fraction of sp³-hybridized carbons (Fsp3) is 0.160. The molecular weight excluding hydrogens is 444 g/mol. The fourth-order valence-corrected chi connectivity index (χ4v) is 5.37. The third kappa shape index (κ3) is 2.30. The molecule has 1 aliphatic carbocycles. The molecule has 0 saturated heterocycles. The molecule has 1 heterocycles. The number of ketones is 2. The first-order valence-electron chi connectivity index (χ1n) is 9.64. The predicted octanol–water partition coefficient (Wildman–Crippen LogP) is 5.22. The lowest BCUT2D eigenvalue weighted by Gasteiger charge is -2.23. The number of fused-ring (bicyclic) bond motifs is 3. The van der Waals surface area contributed by atoms with Crippen LogP contribution in [0.3, 0.4) is 0 Å². The summed E-state index contributed by atoms with van der Waals surface area (Å²) in [5.74, 6) is -1.48. The molecule has 4 nitrogen and oxygen atoms in total. The molecule has 0 bridgehead atoms. The van der Waals surface area contributed by atoms with Gasteiger partial charge in [-0.25, -0.2) is 0 Å². The van der Waals surface area contributed by atoms with Crippen molar-refractivity contribution in [2.24, 2.45) is 10.8 Å². The van der Waals surface area contributed by atoms with Crippen LogP contribution in [0.4, 0.5) is 0 Å². The molecule has 3 aromatic rings. The van der Waals surface area contributed by atoms with Gasteiger partial charge in [0.2, 0.25) is 0 Å². The highest BCUT2D eigenvalue weighted by molar-refractivity contribution is 9.10. The SMILES string of the molecule is C[C@]1(C(=O)c2ccccc2)[C@H]2c3cc(Br)ccc3OC(=O)[C@]21C(=O)c1ccccc1. The minimum absolute atomic E-state index is 0.234. The van der Waals surface area contributed by atoms with Crippen LogP contribution in [0.2, 0.25) is 0 Å². The number of carbonyl (C=O) groups excluding carboxylic acids is 3. The zero-order chi connectivity index (χ0) is 21.1. The predicted molar refractivity (Wildman–Crippen MR) is 115 cm³/mol. The van der Waals surface area contributed by atoms with Gasteiger partial charge in [0.15, 0.2) is 17.0 Å². The monoisotopic (exact) mass is 460 g/mol. The van der Waals surface area contributed by atoms with Crippen LogP contribution < -0.4 is 4.74 Å². The molecule has 1 fully saturated rings. The first kappa shape index (κ1) is 18.9. The minimum Gasteiger partial charge on any atom is -0.425 e. The Morgan fingerprint density at radius 1 is 0.867 bits per heavy atom. The highest BCUT2D eigenvalue weighted by atomic mass is 79.9. The van der Waals surface area contributed by atoms with Gasteiger partial charge in [-0.05, 0) is 18.2 Å². The molecule has 3 atom stereocenters. The number of carbonyl (C=O) groups is 3. The Labute approximate surface area is 182 Å². The van der Waals surface area contributed by atoms with E-state index in [2.05, 4.69) is 15.9 Å². The second kappa shape index (κ2) is 6.47. The van der Waals surface area contributed by atoms with Crippen LogP contribution >= 0.6 is 15.9 Å². The Morgan fingerprint density at radius 2 is 1.43 bits per heavy atom. The van der Waals surface area contributed by atoms with Crippen LogP contribution in [0.5, 0.6) is 5.75 Å². The minimum atomic E-state index is -1.59. The largest absolute Gasteiger partial charge is 0.425 e. The van der Waals surface area contributed by atoms with Crippen molar-refractivity contribution >= 4 is 33.5 Å².